The van der Waals surface area contributed by atoms with Crippen molar-refractivity contribution in [3.05, 3.63) is 16.9 Å². The molecular weight excluding hydrogens is 178 g/mol. The Balaban J connectivity index is 3.21. The van der Waals surface area contributed by atoms with Gasteiger partial charge < -0.3 is 4.74 Å². The van der Waals surface area contributed by atoms with E-state index >= 15 is 0 Å². The van der Waals surface area contributed by atoms with Crippen LogP contribution < -0.4 is 5.46 Å². The summed E-state index contributed by atoms with van der Waals surface area (Å²) in [6.45, 7) is 0. The Hall–Kier alpha value is -1.10. The van der Waals surface area contributed by atoms with Crippen molar-refractivity contribution >= 4 is 30.9 Å². The highest BCUT2D eigenvalue weighted by molar-refractivity contribution is 6.40. The third-order valence-electron chi connectivity index (χ3n) is 1.39. The fourth-order valence-electron chi connectivity index (χ4n) is 0.791. The summed E-state index contributed by atoms with van der Waals surface area (Å²) in [5, 5.41) is 7.17. The van der Waals surface area contributed by atoms with Crippen LogP contribution in [-0.2, 0) is 4.74 Å². The normalized spacial score (nSPS) is 9.50. The lowest BCUT2D eigenvalue weighted by atomic mass is 9.94. The molecule has 1 aromatic rings. The lowest BCUT2D eigenvalue weighted by Gasteiger charge is -2.02. The molecule has 12 heavy (non-hydrogen) atoms. The van der Waals surface area contributed by atoms with E-state index in [2.05, 4.69) is 14.9 Å². The van der Waals surface area contributed by atoms with E-state index in [1.54, 1.807) is 7.85 Å². The average Bonchev–Trinajstić information content (AvgIpc) is 2.03. The molecule has 0 aliphatic rings. The van der Waals surface area contributed by atoms with Crippen molar-refractivity contribution < 1.29 is 9.53 Å². The van der Waals surface area contributed by atoms with Crippen molar-refractivity contribution in [2.45, 2.75) is 0 Å². The Morgan fingerprint density at radius 1 is 1.75 bits per heavy atom. The molecule has 0 saturated carbocycles. The minimum absolute atomic E-state index is 0.0712. The predicted molar refractivity (Wildman–Crippen MR) is 46.6 cm³/mol. The second-order valence-corrected chi connectivity index (χ2v) is 2.54. The lowest BCUT2D eigenvalue weighted by Crippen LogP contribution is -2.19. The first-order valence-electron chi connectivity index (χ1n) is 3.23. The van der Waals surface area contributed by atoms with Gasteiger partial charge in [0.05, 0.1) is 12.7 Å². The number of carbonyl (C=O) groups is 1. The summed E-state index contributed by atoms with van der Waals surface area (Å²) < 4.78 is 4.51. The average molecular weight is 184 g/mol. The Morgan fingerprint density at radius 3 is 2.92 bits per heavy atom. The molecule has 0 N–H and O–H groups in total. The minimum atomic E-state index is -0.493. The molecule has 0 fully saturated rings. The fourth-order valence-corrected chi connectivity index (χ4v) is 1.06. The van der Waals surface area contributed by atoms with E-state index in [4.69, 9.17) is 11.6 Å². The lowest BCUT2D eigenvalue weighted by molar-refractivity contribution is 0.0602. The first-order chi connectivity index (χ1) is 5.66. The van der Waals surface area contributed by atoms with Gasteiger partial charge in [0.2, 0.25) is 0 Å². The maximum absolute atomic E-state index is 11.1. The van der Waals surface area contributed by atoms with Gasteiger partial charge in [-0.2, -0.15) is 5.10 Å². The summed E-state index contributed by atoms with van der Waals surface area (Å²) in [6, 6.07) is 0. The van der Waals surface area contributed by atoms with Crippen LogP contribution >= 0.6 is 11.6 Å². The molecule has 1 heterocycles. The summed E-state index contributed by atoms with van der Waals surface area (Å²) in [5.41, 5.74) is 0.927. The number of nitrogens with zero attached hydrogens (tertiary/aromatic N) is 2. The summed E-state index contributed by atoms with van der Waals surface area (Å²) in [7, 11) is 3.01. The quantitative estimate of drug-likeness (QED) is 0.422. The first kappa shape index (κ1) is 9.00. The molecule has 0 saturated heterocycles. The van der Waals surface area contributed by atoms with E-state index in [-0.39, 0.29) is 10.7 Å². The highest BCUT2D eigenvalue weighted by Gasteiger charge is 2.14. The second kappa shape index (κ2) is 3.54. The summed E-state index contributed by atoms with van der Waals surface area (Å²) in [5.74, 6) is -0.493. The number of ether oxygens (including phenoxy) is 1. The van der Waals surface area contributed by atoms with Gasteiger partial charge >= 0.3 is 5.97 Å². The Morgan fingerprint density at radius 2 is 2.42 bits per heavy atom. The molecular formula is C6H6BClN2O2. The molecule has 0 aliphatic heterocycles. The zero-order chi connectivity index (χ0) is 9.14. The third kappa shape index (κ3) is 1.56. The van der Waals surface area contributed by atoms with Gasteiger partial charge in [-0.25, -0.2) is 4.79 Å². The molecule has 0 atom stereocenters. The van der Waals surface area contributed by atoms with Gasteiger partial charge in [0.1, 0.15) is 7.85 Å². The molecule has 0 unspecified atom stereocenters. The van der Waals surface area contributed by atoms with Crippen molar-refractivity contribution in [2.24, 2.45) is 0 Å². The monoisotopic (exact) mass is 184 g/mol. The molecule has 4 nitrogen and oxygen atoms in total. The van der Waals surface area contributed by atoms with Gasteiger partial charge in [-0.05, 0) is 0 Å². The molecule has 62 valence electrons. The number of esters is 1. The first-order valence-corrected chi connectivity index (χ1v) is 3.60. The Bertz CT molecular complexity index is 298. The van der Waals surface area contributed by atoms with Crippen LogP contribution in [0.2, 0.25) is 5.15 Å². The maximum atomic E-state index is 11.1. The molecule has 0 spiro atoms. The molecule has 0 aromatic carbocycles. The molecule has 1 rings (SSSR count). The van der Waals surface area contributed by atoms with Crippen molar-refractivity contribution in [1.82, 2.24) is 10.2 Å². The van der Waals surface area contributed by atoms with Crippen LogP contribution in [0, 0.1) is 0 Å². The molecule has 0 aliphatic carbocycles. The number of aromatic nitrogens is 2. The molecule has 0 amide bonds. The van der Waals surface area contributed by atoms with Crippen LogP contribution in [-0.4, -0.2) is 31.1 Å². The van der Waals surface area contributed by atoms with E-state index in [0.29, 0.717) is 5.46 Å². The van der Waals surface area contributed by atoms with Gasteiger partial charge in [0.25, 0.3) is 0 Å². The summed E-state index contributed by atoms with van der Waals surface area (Å²) in [4.78, 5) is 11.1. The van der Waals surface area contributed by atoms with Gasteiger partial charge in [-0.3, -0.25) is 0 Å². The van der Waals surface area contributed by atoms with E-state index in [0.717, 1.165) is 0 Å². The van der Waals surface area contributed by atoms with Crippen LogP contribution in [0.25, 0.3) is 0 Å². The van der Waals surface area contributed by atoms with Crippen LogP contribution in [0.3, 0.4) is 0 Å². The number of hydrogen-bond donors (Lipinski definition) is 0. The number of carbonyl (C=O) groups excluding carboxylic acids is 1. The SMILES string of the molecule is Bc1cnnc(Cl)c1C(=O)OC. The molecule has 0 bridgehead atoms. The van der Waals surface area contributed by atoms with E-state index in [9.17, 15) is 4.79 Å². The van der Waals surface area contributed by atoms with Gasteiger partial charge in [-0.1, -0.05) is 17.1 Å². The number of methoxy groups -OCH3 is 1. The highest BCUT2D eigenvalue weighted by Crippen LogP contribution is 2.08. The smallest absolute Gasteiger partial charge is 0.340 e. The Labute approximate surface area is 75.3 Å². The van der Waals surface area contributed by atoms with Crippen molar-refractivity contribution in [3.8, 4) is 0 Å². The van der Waals surface area contributed by atoms with Crippen LogP contribution in [0.1, 0.15) is 10.4 Å². The summed E-state index contributed by atoms with van der Waals surface area (Å²) in [6.07, 6.45) is 1.46. The minimum Gasteiger partial charge on any atom is -0.465 e. The van der Waals surface area contributed by atoms with Crippen molar-refractivity contribution in [3.63, 3.8) is 0 Å². The van der Waals surface area contributed by atoms with Crippen LogP contribution in [0.5, 0.6) is 0 Å². The number of halogens is 1. The van der Waals surface area contributed by atoms with Crippen LogP contribution in [0.4, 0.5) is 0 Å². The second-order valence-electron chi connectivity index (χ2n) is 2.18. The molecule has 0 radical (unpaired) electrons. The van der Waals surface area contributed by atoms with Gasteiger partial charge in [-0.15, -0.1) is 5.10 Å². The van der Waals surface area contributed by atoms with Crippen molar-refractivity contribution in [2.75, 3.05) is 7.11 Å². The summed E-state index contributed by atoms with van der Waals surface area (Å²) >= 11 is 5.63. The maximum Gasteiger partial charge on any atom is 0.340 e. The van der Waals surface area contributed by atoms with E-state index in [1.807, 2.05) is 0 Å². The standard InChI is InChI=1S/C6H6BClN2O2/c1-12-6(11)4-3(7)2-9-10-5(4)8/h2H,7H2,1H3. The van der Waals surface area contributed by atoms with E-state index < -0.39 is 5.97 Å². The highest BCUT2D eigenvalue weighted by atomic mass is 35.5. The van der Waals surface area contributed by atoms with Gasteiger partial charge in [0.15, 0.2) is 5.15 Å². The fraction of sp³-hybridized carbons (Fsp3) is 0.167. The Kier molecular flexibility index (Phi) is 2.65. The van der Waals surface area contributed by atoms with Gasteiger partial charge in [0, 0.05) is 6.20 Å². The number of rotatable bonds is 1. The van der Waals surface area contributed by atoms with E-state index in [1.165, 1.54) is 13.3 Å². The third-order valence-corrected chi connectivity index (χ3v) is 1.65. The molecule has 6 heteroatoms. The largest absolute Gasteiger partial charge is 0.465 e. The number of hydrogen-bond acceptors (Lipinski definition) is 4. The molecule has 1 aromatic heterocycles. The van der Waals surface area contributed by atoms with Crippen LogP contribution in [0.15, 0.2) is 6.20 Å². The zero-order valence-corrected chi connectivity index (χ0v) is 7.42. The topological polar surface area (TPSA) is 52.1 Å². The van der Waals surface area contributed by atoms with Crippen molar-refractivity contribution in [1.29, 1.82) is 0 Å². The zero-order valence-electron chi connectivity index (χ0n) is 6.67. The predicted octanol–water partition coefficient (Wildman–Crippen LogP) is -0.825.